The molecular weight excluding hydrogens is 698 g/mol. The molecule has 52 heavy (non-hydrogen) atoms. The van der Waals surface area contributed by atoms with Crippen LogP contribution in [-0.2, 0) is 14.3 Å². The molecular formula is C40H48ClN3O7Si. The Morgan fingerprint density at radius 1 is 0.962 bits per heavy atom. The van der Waals surface area contributed by atoms with E-state index in [-0.39, 0.29) is 18.0 Å². The minimum Gasteiger partial charge on any atom is -0.545 e. The number of fused-ring (bicyclic) bond motifs is 2. The standard InChI is InChI=1S/C40H48ClN3O7Si/c1-52(2)35-23-29(43-16-7-17-43)9-12-32(35)37(33-13-10-30(24-36(33)52)44-25-28(26-44)39(46)47)34-22-27(8-11-31(34)40(48)49)38(45)42-15-19-51-21-20-50-18-6-4-3-5-14-41/h8-13,22-24,28H,3-7,14-21,25-26H2,1-2H3,(H2-,42,45,46,47,48,49). The van der Waals surface area contributed by atoms with Crippen molar-refractivity contribution in [2.45, 2.75) is 45.2 Å². The van der Waals surface area contributed by atoms with Crippen LogP contribution in [0, 0.1) is 5.92 Å². The maximum absolute atomic E-state index is 13.4. The highest BCUT2D eigenvalue weighted by molar-refractivity contribution is 6.98. The second-order valence-electron chi connectivity index (χ2n) is 14.4. The smallest absolute Gasteiger partial charge is 0.319 e. The maximum Gasteiger partial charge on any atom is 0.319 e. The van der Waals surface area contributed by atoms with Crippen LogP contribution in [0.1, 0.15) is 63.9 Å². The monoisotopic (exact) mass is 745 g/mol. The van der Waals surface area contributed by atoms with Crippen molar-refractivity contribution in [3.05, 3.63) is 87.6 Å². The van der Waals surface area contributed by atoms with Gasteiger partial charge in [-0.1, -0.05) is 38.1 Å². The third kappa shape index (κ3) is 8.12. The van der Waals surface area contributed by atoms with E-state index in [1.807, 2.05) is 12.2 Å². The fraction of sp³-hybridized carbons (Fsp3) is 0.450. The zero-order valence-electron chi connectivity index (χ0n) is 30.0. The number of benzene rings is 2. The number of hydrogen-bond donors (Lipinski definition) is 2. The van der Waals surface area contributed by atoms with Gasteiger partial charge >= 0.3 is 5.97 Å². The van der Waals surface area contributed by atoms with Gasteiger partial charge in [0.1, 0.15) is 8.07 Å². The van der Waals surface area contributed by atoms with Crippen LogP contribution in [0.3, 0.4) is 0 Å². The molecule has 2 N–H and O–H groups in total. The lowest BCUT2D eigenvalue weighted by Gasteiger charge is -2.40. The highest BCUT2D eigenvalue weighted by Gasteiger charge is 2.43. The number of anilines is 1. The Hall–Kier alpha value is -4.03. The number of nitrogens with one attached hydrogen (secondary N) is 1. The van der Waals surface area contributed by atoms with Gasteiger partial charge in [0.15, 0.2) is 24.7 Å². The molecule has 12 heteroatoms. The Labute approximate surface area is 311 Å². The van der Waals surface area contributed by atoms with Gasteiger partial charge < -0.3 is 34.7 Å². The van der Waals surface area contributed by atoms with Gasteiger partial charge in [0.05, 0.1) is 25.8 Å². The van der Waals surface area contributed by atoms with Crippen LogP contribution in [-0.4, -0.2) is 106 Å². The van der Waals surface area contributed by atoms with Crippen molar-refractivity contribution in [2.75, 3.05) is 69.9 Å². The number of alkyl halides is 1. The number of carboxylic acid groups (broad SMARTS) is 2. The molecule has 4 aliphatic rings. The van der Waals surface area contributed by atoms with E-state index in [1.54, 1.807) is 6.07 Å². The highest BCUT2D eigenvalue weighted by atomic mass is 35.5. The summed E-state index contributed by atoms with van der Waals surface area (Å²) >= 11 is 5.71. The predicted molar refractivity (Wildman–Crippen MR) is 204 cm³/mol. The summed E-state index contributed by atoms with van der Waals surface area (Å²) in [6.45, 7) is 9.72. The molecule has 3 heterocycles. The molecule has 0 aromatic heterocycles. The molecule has 276 valence electrons. The summed E-state index contributed by atoms with van der Waals surface area (Å²) < 4.78 is 13.3. The average molecular weight is 746 g/mol. The largest absolute Gasteiger partial charge is 0.545 e. The number of carbonyl (C=O) groups is 3. The number of aliphatic carboxylic acids is 1. The summed E-state index contributed by atoms with van der Waals surface area (Å²) in [5.41, 5.74) is 5.51. The molecule has 6 rings (SSSR count). The number of carboxylic acids is 2. The van der Waals surface area contributed by atoms with Gasteiger partial charge in [-0.15, -0.1) is 11.6 Å². The van der Waals surface area contributed by atoms with Crippen molar-refractivity contribution >= 4 is 59.7 Å². The van der Waals surface area contributed by atoms with E-state index in [4.69, 9.17) is 21.1 Å². The number of aromatic carboxylic acids is 1. The number of rotatable bonds is 17. The Bertz CT molecular complexity index is 1840. The molecule has 3 aliphatic heterocycles. The lowest BCUT2D eigenvalue weighted by Crippen LogP contribution is -2.51. The molecule has 1 amide bonds. The first-order valence-electron chi connectivity index (χ1n) is 18.3. The van der Waals surface area contributed by atoms with Gasteiger partial charge in [-0.25, -0.2) is 4.58 Å². The number of amides is 1. The third-order valence-corrected chi connectivity index (χ3v) is 14.3. The topological polar surface area (TPSA) is 131 Å². The first-order chi connectivity index (χ1) is 25.1. The van der Waals surface area contributed by atoms with Crippen molar-refractivity contribution in [1.82, 2.24) is 5.32 Å². The van der Waals surface area contributed by atoms with Gasteiger partial charge in [-0.3, -0.25) is 9.59 Å². The van der Waals surface area contributed by atoms with E-state index in [2.05, 4.69) is 52.2 Å². The van der Waals surface area contributed by atoms with Crippen molar-refractivity contribution in [2.24, 2.45) is 5.92 Å². The normalized spacial score (nSPS) is 18.6. The molecule has 2 aromatic rings. The highest BCUT2D eigenvalue weighted by Crippen LogP contribution is 2.43. The Morgan fingerprint density at radius 2 is 1.71 bits per heavy atom. The first-order valence-corrected chi connectivity index (χ1v) is 21.9. The molecule has 2 fully saturated rings. The van der Waals surface area contributed by atoms with Gasteiger partial charge in [-0.2, -0.15) is 0 Å². The van der Waals surface area contributed by atoms with E-state index in [1.165, 1.54) is 17.3 Å². The number of allylic oxidation sites excluding steroid dienone is 5. The van der Waals surface area contributed by atoms with Gasteiger partial charge in [-0.05, 0) is 82.3 Å². The number of nitrogens with zero attached hydrogens (tertiary/aromatic N) is 2. The van der Waals surface area contributed by atoms with Crippen molar-refractivity contribution in [3.8, 4) is 0 Å². The molecule has 0 unspecified atom stereocenters. The fourth-order valence-corrected chi connectivity index (χ4v) is 10.6. The Balaban J connectivity index is 1.25. The van der Waals surface area contributed by atoms with Crippen molar-refractivity contribution in [1.29, 1.82) is 0 Å². The summed E-state index contributed by atoms with van der Waals surface area (Å²) in [6, 6.07) is 11.1. The van der Waals surface area contributed by atoms with Crippen LogP contribution in [0.5, 0.6) is 0 Å². The lowest BCUT2D eigenvalue weighted by atomic mass is 9.86. The van der Waals surface area contributed by atoms with E-state index in [0.29, 0.717) is 56.5 Å². The number of ether oxygens (including phenoxy) is 2. The Morgan fingerprint density at radius 3 is 2.40 bits per heavy atom. The molecule has 0 bridgehead atoms. The molecule has 0 saturated carbocycles. The van der Waals surface area contributed by atoms with Crippen molar-refractivity contribution < 1.29 is 38.6 Å². The second kappa shape index (κ2) is 16.8. The summed E-state index contributed by atoms with van der Waals surface area (Å²) in [5, 5.41) is 27.4. The zero-order chi connectivity index (χ0) is 36.8. The number of hydrogen-bond acceptors (Lipinski definition) is 7. The SMILES string of the molecule is C[Si]1(C)C2=CC(=[N+]3CC(C(=O)O)C3)C=CC2=C(c2cc(C(=O)NCCOCCOCCCCCCCl)ccc2C(=O)[O-])c2ccc(N3CCC3)cc21. The summed E-state index contributed by atoms with van der Waals surface area (Å²) in [7, 11) is -2.36. The number of unbranched alkanes of at least 4 members (excludes halogenated alkanes) is 3. The van der Waals surface area contributed by atoms with Crippen molar-refractivity contribution in [3.63, 3.8) is 0 Å². The second-order valence-corrected chi connectivity index (χ2v) is 19.1. The lowest BCUT2D eigenvalue weighted by molar-refractivity contribution is -0.597. The van der Waals surface area contributed by atoms with Crippen LogP contribution >= 0.6 is 11.6 Å². The zero-order valence-corrected chi connectivity index (χ0v) is 31.8. The molecule has 10 nitrogen and oxygen atoms in total. The van der Waals surface area contributed by atoms with Crippen LogP contribution in [0.15, 0.2) is 65.4 Å². The summed E-state index contributed by atoms with van der Waals surface area (Å²) in [4.78, 5) is 40.0. The quantitative estimate of drug-likeness (QED) is 0.108. The number of halogens is 1. The average Bonchev–Trinajstić information content (AvgIpc) is 3.07. The molecule has 0 spiro atoms. The van der Waals surface area contributed by atoms with Gasteiger partial charge in [0, 0.05) is 61.1 Å². The maximum atomic E-state index is 13.4. The van der Waals surface area contributed by atoms with E-state index >= 15 is 0 Å². The summed E-state index contributed by atoms with van der Waals surface area (Å²) in [6.07, 6.45) is 11.6. The van der Waals surface area contributed by atoms with Gasteiger partial charge in [0.25, 0.3) is 5.91 Å². The molecule has 2 saturated heterocycles. The minimum absolute atomic E-state index is 0.00939. The van der Waals surface area contributed by atoms with E-state index in [9.17, 15) is 24.6 Å². The third-order valence-electron chi connectivity index (χ3n) is 10.6. The molecule has 0 atom stereocenters. The first kappa shape index (κ1) is 37.7. The van der Waals surface area contributed by atoms with Gasteiger partial charge in [0.2, 0.25) is 0 Å². The fourth-order valence-electron chi connectivity index (χ4n) is 7.31. The summed E-state index contributed by atoms with van der Waals surface area (Å²) in [5.74, 6) is -2.14. The molecule has 1 aliphatic carbocycles. The minimum atomic E-state index is -2.36. The van der Waals surface area contributed by atoms with E-state index in [0.717, 1.165) is 78.5 Å². The molecule has 0 radical (unpaired) electrons. The van der Waals surface area contributed by atoms with Crippen LogP contribution in [0.4, 0.5) is 5.69 Å². The van der Waals surface area contributed by atoms with Crippen LogP contribution < -0.4 is 20.5 Å². The van der Waals surface area contributed by atoms with Crippen LogP contribution in [0.25, 0.3) is 5.57 Å². The molecule has 2 aromatic carbocycles. The Kier molecular flexibility index (Phi) is 12.2. The van der Waals surface area contributed by atoms with E-state index < -0.39 is 25.9 Å². The predicted octanol–water partition coefficient (Wildman–Crippen LogP) is 3.76. The number of carbonyl (C=O) groups excluding carboxylic acids is 2. The van der Waals surface area contributed by atoms with Crippen LogP contribution in [0.2, 0.25) is 13.1 Å².